The number of anilines is 1. The molecule has 1 fully saturated rings. The number of pyridine rings is 1. The molecule has 1 saturated carbocycles. The Bertz CT molecular complexity index is 640. The summed E-state index contributed by atoms with van der Waals surface area (Å²) in [4.78, 5) is 16.2. The minimum Gasteiger partial charge on any atom is -0.323 e. The molecule has 104 valence electrons. The lowest BCUT2D eigenvalue weighted by molar-refractivity contribution is -0.115. The van der Waals surface area contributed by atoms with Crippen molar-refractivity contribution in [1.29, 1.82) is 0 Å². The van der Waals surface area contributed by atoms with Crippen molar-refractivity contribution in [2.75, 3.05) is 18.4 Å². The number of fused-ring (bicyclic) bond motifs is 1. The SMILES string of the molecule is O=C(CNCC1CC1)Nc1cc(Cl)cc2cccnc12. The molecule has 5 heteroatoms. The van der Waals surface area contributed by atoms with E-state index >= 15 is 0 Å². The van der Waals surface area contributed by atoms with Crippen LogP contribution in [0.15, 0.2) is 30.5 Å². The van der Waals surface area contributed by atoms with Gasteiger partial charge < -0.3 is 10.6 Å². The molecule has 3 rings (SSSR count). The van der Waals surface area contributed by atoms with E-state index in [-0.39, 0.29) is 5.91 Å². The maximum Gasteiger partial charge on any atom is 0.238 e. The van der Waals surface area contributed by atoms with E-state index in [2.05, 4.69) is 15.6 Å². The highest BCUT2D eigenvalue weighted by Crippen LogP contribution is 2.27. The summed E-state index contributed by atoms with van der Waals surface area (Å²) in [6.07, 6.45) is 4.26. The van der Waals surface area contributed by atoms with Gasteiger partial charge in [-0.15, -0.1) is 0 Å². The normalized spacial score (nSPS) is 14.4. The van der Waals surface area contributed by atoms with Gasteiger partial charge in [0.1, 0.15) is 0 Å². The third kappa shape index (κ3) is 3.26. The van der Waals surface area contributed by atoms with Crippen LogP contribution in [-0.2, 0) is 4.79 Å². The van der Waals surface area contributed by atoms with Crippen molar-refractivity contribution < 1.29 is 4.79 Å². The zero-order valence-electron chi connectivity index (χ0n) is 11.0. The summed E-state index contributed by atoms with van der Waals surface area (Å²) in [5.41, 5.74) is 1.42. The molecule has 0 atom stereocenters. The zero-order chi connectivity index (χ0) is 13.9. The molecular weight excluding hydrogens is 274 g/mol. The predicted molar refractivity (Wildman–Crippen MR) is 81.0 cm³/mol. The Morgan fingerprint density at radius 1 is 1.40 bits per heavy atom. The van der Waals surface area contributed by atoms with E-state index in [1.165, 1.54) is 12.8 Å². The summed E-state index contributed by atoms with van der Waals surface area (Å²) < 4.78 is 0. The van der Waals surface area contributed by atoms with Gasteiger partial charge >= 0.3 is 0 Å². The Balaban J connectivity index is 1.70. The summed E-state index contributed by atoms with van der Waals surface area (Å²) in [6.45, 7) is 1.24. The molecule has 2 N–H and O–H groups in total. The van der Waals surface area contributed by atoms with Gasteiger partial charge in [0, 0.05) is 16.6 Å². The van der Waals surface area contributed by atoms with Crippen LogP contribution >= 0.6 is 11.6 Å². The molecule has 1 aromatic heterocycles. The molecule has 0 bridgehead atoms. The van der Waals surface area contributed by atoms with Crippen LogP contribution in [0.5, 0.6) is 0 Å². The number of hydrogen-bond acceptors (Lipinski definition) is 3. The van der Waals surface area contributed by atoms with Gasteiger partial charge in [0.2, 0.25) is 5.91 Å². The molecular formula is C15H16ClN3O. The first kappa shape index (κ1) is 13.3. The van der Waals surface area contributed by atoms with Crippen molar-refractivity contribution in [1.82, 2.24) is 10.3 Å². The highest BCUT2D eigenvalue weighted by molar-refractivity contribution is 6.32. The number of halogens is 1. The van der Waals surface area contributed by atoms with Crippen molar-refractivity contribution >= 4 is 34.1 Å². The standard InChI is InChI=1S/C15H16ClN3O/c16-12-6-11-2-1-5-18-15(11)13(7-12)19-14(20)9-17-8-10-3-4-10/h1-2,5-7,10,17H,3-4,8-9H2,(H,19,20). The first-order valence-electron chi connectivity index (χ1n) is 6.77. The van der Waals surface area contributed by atoms with E-state index in [0.717, 1.165) is 23.4 Å². The molecule has 1 aliphatic carbocycles. The Labute approximate surface area is 122 Å². The number of carbonyl (C=O) groups is 1. The largest absolute Gasteiger partial charge is 0.323 e. The Morgan fingerprint density at radius 3 is 3.05 bits per heavy atom. The molecule has 0 radical (unpaired) electrons. The lowest BCUT2D eigenvalue weighted by Crippen LogP contribution is -2.29. The van der Waals surface area contributed by atoms with Crippen molar-refractivity contribution in [3.63, 3.8) is 0 Å². The maximum absolute atomic E-state index is 11.9. The monoisotopic (exact) mass is 289 g/mol. The van der Waals surface area contributed by atoms with Gasteiger partial charge in [-0.05, 0) is 43.5 Å². The summed E-state index contributed by atoms with van der Waals surface area (Å²) >= 11 is 6.07. The second kappa shape index (κ2) is 5.77. The minimum atomic E-state index is -0.0696. The zero-order valence-corrected chi connectivity index (χ0v) is 11.8. The number of nitrogens with one attached hydrogen (secondary N) is 2. The topological polar surface area (TPSA) is 54.0 Å². The van der Waals surface area contributed by atoms with Gasteiger partial charge in [-0.3, -0.25) is 9.78 Å². The van der Waals surface area contributed by atoms with E-state index < -0.39 is 0 Å². The molecule has 0 spiro atoms. The Kier molecular flexibility index (Phi) is 3.85. The summed E-state index contributed by atoms with van der Waals surface area (Å²) in [7, 11) is 0. The molecule has 1 heterocycles. The number of nitrogens with zero attached hydrogens (tertiary/aromatic N) is 1. The fourth-order valence-corrected chi connectivity index (χ4v) is 2.38. The summed E-state index contributed by atoms with van der Waals surface area (Å²) in [6, 6.07) is 7.34. The third-order valence-corrected chi connectivity index (χ3v) is 3.58. The second-order valence-electron chi connectivity index (χ2n) is 5.15. The summed E-state index contributed by atoms with van der Waals surface area (Å²) in [5, 5.41) is 7.54. The van der Waals surface area contributed by atoms with Crippen molar-refractivity contribution in [2.45, 2.75) is 12.8 Å². The molecule has 0 aliphatic heterocycles. The fourth-order valence-electron chi connectivity index (χ4n) is 2.16. The highest BCUT2D eigenvalue weighted by atomic mass is 35.5. The van der Waals surface area contributed by atoms with Crippen molar-refractivity contribution in [3.8, 4) is 0 Å². The van der Waals surface area contributed by atoms with Gasteiger partial charge in [0.25, 0.3) is 0 Å². The number of rotatable bonds is 5. The fraction of sp³-hybridized carbons (Fsp3) is 0.333. The van der Waals surface area contributed by atoms with Crippen LogP contribution < -0.4 is 10.6 Å². The van der Waals surface area contributed by atoms with E-state index in [4.69, 9.17) is 11.6 Å². The van der Waals surface area contributed by atoms with E-state index in [9.17, 15) is 4.79 Å². The average molecular weight is 290 g/mol. The lowest BCUT2D eigenvalue weighted by atomic mass is 10.2. The highest BCUT2D eigenvalue weighted by Gasteiger charge is 2.20. The van der Waals surface area contributed by atoms with Gasteiger partial charge in [0.15, 0.2) is 0 Å². The predicted octanol–water partition coefficient (Wildman–Crippen LogP) is 2.83. The van der Waals surface area contributed by atoms with Gasteiger partial charge in [-0.2, -0.15) is 0 Å². The van der Waals surface area contributed by atoms with Crippen LogP contribution in [0, 0.1) is 5.92 Å². The van der Waals surface area contributed by atoms with E-state index in [1.54, 1.807) is 12.3 Å². The van der Waals surface area contributed by atoms with Crippen LogP contribution in [-0.4, -0.2) is 24.0 Å². The second-order valence-corrected chi connectivity index (χ2v) is 5.59. The van der Waals surface area contributed by atoms with Crippen molar-refractivity contribution in [3.05, 3.63) is 35.5 Å². The first-order valence-corrected chi connectivity index (χ1v) is 7.15. The smallest absolute Gasteiger partial charge is 0.238 e. The van der Waals surface area contributed by atoms with E-state index in [1.807, 2.05) is 18.2 Å². The van der Waals surface area contributed by atoms with Crippen molar-refractivity contribution in [2.24, 2.45) is 5.92 Å². The molecule has 1 aromatic carbocycles. The number of hydrogen-bond donors (Lipinski definition) is 2. The molecule has 0 saturated heterocycles. The Morgan fingerprint density at radius 2 is 2.25 bits per heavy atom. The molecule has 20 heavy (non-hydrogen) atoms. The van der Waals surface area contributed by atoms with Gasteiger partial charge in [0.05, 0.1) is 17.7 Å². The first-order chi connectivity index (χ1) is 9.72. The molecule has 2 aromatic rings. The van der Waals surface area contributed by atoms with Crippen LogP contribution in [0.1, 0.15) is 12.8 Å². The van der Waals surface area contributed by atoms with Crippen LogP contribution in [0.25, 0.3) is 10.9 Å². The summed E-state index contributed by atoms with van der Waals surface area (Å²) in [5.74, 6) is 0.691. The van der Waals surface area contributed by atoms with E-state index in [0.29, 0.717) is 17.3 Å². The molecule has 0 unspecified atom stereocenters. The number of amides is 1. The average Bonchev–Trinajstić information content (AvgIpc) is 3.22. The number of benzene rings is 1. The Hall–Kier alpha value is -1.65. The van der Waals surface area contributed by atoms with Crippen LogP contribution in [0.2, 0.25) is 5.02 Å². The quantitative estimate of drug-likeness (QED) is 0.890. The van der Waals surface area contributed by atoms with Gasteiger partial charge in [-0.1, -0.05) is 17.7 Å². The minimum absolute atomic E-state index is 0.0696. The molecule has 1 aliphatic rings. The number of carbonyl (C=O) groups excluding carboxylic acids is 1. The molecule has 4 nitrogen and oxygen atoms in total. The van der Waals surface area contributed by atoms with Gasteiger partial charge in [-0.25, -0.2) is 0 Å². The third-order valence-electron chi connectivity index (χ3n) is 3.36. The number of aromatic nitrogens is 1. The van der Waals surface area contributed by atoms with Crippen LogP contribution in [0.3, 0.4) is 0 Å². The maximum atomic E-state index is 11.9. The lowest BCUT2D eigenvalue weighted by Gasteiger charge is -2.09. The molecule has 1 amide bonds. The van der Waals surface area contributed by atoms with Crippen LogP contribution in [0.4, 0.5) is 5.69 Å².